The maximum atomic E-state index is 12.3. The van der Waals surface area contributed by atoms with Crippen LogP contribution in [0.4, 0.5) is 0 Å². The van der Waals surface area contributed by atoms with Crippen LogP contribution in [-0.4, -0.2) is 51.7 Å². The summed E-state index contributed by atoms with van der Waals surface area (Å²) in [7, 11) is 0. The molecule has 1 amide bonds. The second-order valence-corrected chi connectivity index (χ2v) is 6.12. The lowest BCUT2D eigenvalue weighted by Crippen LogP contribution is -2.46. The Balaban J connectivity index is 1.42. The lowest BCUT2D eigenvalue weighted by molar-refractivity contribution is -0.135. The Bertz CT molecular complexity index is 731. The summed E-state index contributed by atoms with van der Waals surface area (Å²) in [4.78, 5) is 14.0. The van der Waals surface area contributed by atoms with Gasteiger partial charge in [0.15, 0.2) is 11.5 Å². The van der Waals surface area contributed by atoms with Crippen molar-refractivity contribution in [1.82, 2.24) is 14.7 Å². The van der Waals surface area contributed by atoms with Crippen LogP contribution >= 0.6 is 0 Å². The van der Waals surface area contributed by atoms with Crippen molar-refractivity contribution >= 4 is 5.91 Å². The minimum atomic E-state index is -0.597. The van der Waals surface area contributed by atoms with Crippen LogP contribution in [0.15, 0.2) is 36.7 Å². The molecule has 1 aromatic heterocycles. The number of aliphatic hydroxyl groups is 1. The zero-order valence-corrected chi connectivity index (χ0v) is 13.2. The first-order valence-corrected chi connectivity index (χ1v) is 8.03. The Morgan fingerprint density at radius 1 is 1.33 bits per heavy atom. The number of fused-ring (bicyclic) bond motifs is 1. The molecule has 126 valence electrons. The predicted molar refractivity (Wildman–Crippen MR) is 84.7 cm³/mol. The molecular formula is C17H19N3O4. The van der Waals surface area contributed by atoms with Crippen LogP contribution in [-0.2, 0) is 11.3 Å². The third-order valence-corrected chi connectivity index (χ3v) is 4.62. The number of hydrogen-bond acceptors (Lipinski definition) is 5. The van der Waals surface area contributed by atoms with Crippen molar-refractivity contribution < 1.29 is 19.4 Å². The van der Waals surface area contributed by atoms with Crippen LogP contribution in [0.2, 0.25) is 0 Å². The molecule has 2 aliphatic rings. The molecule has 2 aliphatic heterocycles. The monoisotopic (exact) mass is 329 g/mol. The summed E-state index contributed by atoms with van der Waals surface area (Å²) in [6.45, 7) is 1.39. The number of aromatic nitrogens is 2. The largest absolute Gasteiger partial charge is 0.454 e. The van der Waals surface area contributed by atoms with E-state index in [9.17, 15) is 9.90 Å². The highest BCUT2D eigenvalue weighted by atomic mass is 16.7. The van der Waals surface area contributed by atoms with Gasteiger partial charge >= 0.3 is 0 Å². The van der Waals surface area contributed by atoms with E-state index in [0.29, 0.717) is 19.5 Å². The average Bonchev–Trinajstić information content (AvgIpc) is 3.25. The molecule has 2 aromatic rings. The van der Waals surface area contributed by atoms with Gasteiger partial charge in [0.2, 0.25) is 12.7 Å². The van der Waals surface area contributed by atoms with Crippen LogP contribution < -0.4 is 9.47 Å². The Hall–Kier alpha value is -2.54. The van der Waals surface area contributed by atoms with Gasteiger partial charge in [-0.2, -0.15) is 5.10 Å². The molecule has 7 nitrogen and oxygen atoms in total. The van der Waals surface area contributed by atoms with E-state index in [0.717, 1.165) is 17.1 Å². The van der Waals surface area contributed by atoms with Gasteiger partial charge < -0.3 is 19.5 Å². The molecular weight excluding hydrogens is 310 g/mol. The van der Waals surface area contributed by atoms with Crippen LogP contribution in [0.3, 0.4) is 0 Å². The van der Waals surface area contributed by atoms with Gasteiger partial charge in [0, 0.05) is 31.4 Å². The first-order chi connectivity index (χ1) is 11.7. The van der Waals surface area contributed by atoms with Gasteiger partial charge in [-0.1, -0.05) is 6.07 Å². The number of nitrogens with zero attached hydrogens (tertiary/aromatic N) is 3. The summed E-state index contributed by atoms with van der Waals surface area (Å²) in [5.74, 6) is 1.42. The minimum absolute atomic E-state index is 0.00625. The SMILES string of the molecule is O=C(Cn1cccn1)N1CC[C@@H](c2ccc3c(c2)OCO3)[C@H](O)C1. The van der Waals surface area contributed by atoms with Gasteiger partial charge in [0.05, 0.1) is 6.10 Å². The van der Waals surface area contributed by atoms with Gasteiger partial charge in [-0.3, -0.25) is 9.48 Å². The molecule has 0 spiro atoms. The summed E-state index contributed by atoms with van der Waals surface area (Å²) in [6, 6.07) is 7.55. The standard InChI is InChI=1S/C17H19N3O4/c21-14-9-19(17(22)10-20-6-1-5-18-20)7-4-13(14)12-2-3-15-16(8-12)24-11-23-15/h1-3,5-6,8,13-14,21H,4,7,9-11H2/t13-,14+/m0/s1. The lowest BCUT2D eigenvalue weighted by atomic mass is 9.87. The summed E-state index contributed by atoms with van der Waals surface area (Å²) in [5.41, 5.74) is 1.02. The molecule has 7 heteroatoms. The molecule has 3 heterocycles. The average molecular weight is 329 g/mol. The number of hydrogen-bond donors (Lipinski definition) is 1. The fourth-order valence-electron chi connectivity index (χ4n) is 3.32. The normalized spacial score (nSPS) is 22.6. The number of likely N-dealkylation sites (tertiary alicyclic amines) is 1. The van der Waals surface area contributed by atoms with Crippen molar-refractivity contribution in [2.24, 2.45) is 0 Å². The van der Waals surface area contributed by atoms with Crippen molar-refractivity contribution in [3.8, 4) is 11.5 Å². The van der Waals surface area contributed by atoms with Crippen molar-refractivity contribution in [3.05, 3.63) is 42.2 Å². The third-order valence-electron chi connectivity index (χ3n) is 4.62. The number of rotatable bonds is 3. The third kappa shape index (κ3) is 2.82. The number of β-amino-alcohol motifs (C(OH)–C–C–N with tert-alkyl or cyclic N) is 1. The minimum Gasteiger partial charge on any atom is -0.454 e. The smallest absolute Gasteiger partial charge is 0.244 e. The van der Waals surface area contributed by atoms with Gasteiger partial charge in [-0.05, 0) is 30.2 Å². The van der Waals surface area contributed by atoms with Crippen molar-refractivity contribution in [2.75, 3.05) is 19.9 Å². The lowest BCUT2D eigenvalue weighted by Gasteiger charge is -2.36. The van der Waals surface area contributed by atoms with Crippen LogP contribution in [0.1, 0.15) is 17.9 Å². The van der Waals surface area contributed by atoms with E-state index in [1.807, 2.05) is 18.2 Å². The maximum absolute atomic E-state index is 12.3. The Labute approximate surface area is 139 Å². The Morgan fingerprint density at radius 2 is 2.21 bits per heavy atom. The fourth-order valence-corrected chi connectivity index (χ4v) is 3.32. The number of carbonyl (C=O) groups is 1. The summed E-state index contributed by atoms with van der Waals surface area (Å²) < 4.78 is 12.3. The Kier molecular flexibility index (Phi) is 3.86. The predicted octanol–water partition coefficient (Wildman–Crippen LogP) is 0.989. The Morgan fingerprint density at radius 3 is 3.00 bits per heavy atom. The van der Waals surface area contributed by atoms with E-state index < -0.39 is 6.10 Å². The molecule has 0 aliphatic carbocycles. The first kappa shape index (κ1) is 15.0. The van der Waals surface area contributed by atoms with E-state index in [1.165, 1.54) is 0 Å². The summed E-state index contributed by atoms with van der Waals surface area (Å²) in [5, 5.41) is 14.6. The van der Waals surface area contributed by atoms with Crippen molar-refractivity contribution in [1.29, 1.82) is 0 Å². The van der Waals surface area contributed by atoms with Crippen molar-refractivity contribution in [3.63, 3.8) is 0 Å². The molecule has 1 aromatic carbocycles. The molecule has 1 saturated heterocycles. The van der Waals surface area contributed by atoms with E-state index in [2.05, 4.69) is 5.10 Å². The van der Waals surface area contributed by atoms with E-state index in [4.69, 9.17) is 9.47 Å². The molecule has 4 rings (SSSR count). The molecule has 0 unspecified atom stereocenters. The zero-order chi connectivity index (χ0) is 16.5. The first-order valence-electron chi connectivity index (χ1n) is 8.03. The molecule has 1 fully saturated rings. The number of amides is 1. The molecule has 2 atom stereocenters. The maximum Gasteiger partial charge on any atom is 0.244 e. The summed E-state index contributed by atoms with van der Waals surface area (Å²) >= 11 is 0. The molecule has 0 saturated carbocycles. The van der Waals surface area contributed by atoms with Crippen LogP contribution in [0.5, 0.6) is 11.5 Å². The number of carbonyl (C=O) groups excluding carboxylic acids is 1. The molecule has 0 bridgehead atoms. The fraction of sp³-hybridized carbons (Fsp3) is 0.412. The number of benzene rings is 1. The van der Waals surface area contributed by atoms with Crippen LogP contribution in [0, 0.1) is 0 Å². The highest BCUT2D eigenvalue weighted by molar-refractivity contribution is 5.76. The molecule has 0 radical (unpaired) electrons. The van der Waals surface area contributed by atoms with Crippen LogP contribution in [0.25, 0.3) is 0 Å². The zero-order valence-electron chi connectivity index (χ0n) is 13.2. The van der Waals surface area contributed by atoms with Gasteiger partial charge in [0.1, 0.15) is 6.54 Å². The van der Waals surface area contributed by atoms with Crippen molar-refractivity contribution in [2.45, 2.75) is 25.0 Å². The number of ether oxygens (including phenoxy) is 2. The van der Waals surface area contributed by atoms with E-state index in [1.54, 1.807) is 28.0 Å². The van der Waals surface area contributed by atoms with E-state index in [-0.39, 0.29) is 25.2 Å². The molecule has 24 heavy (non-hydrogen) atoms. The van der Waals surface area contributed by atoms with Gasteiger partial charge in [-0.15, -0.1) is 0 Å². The van der Waals surface area contributed by atoms with Gasteiger partial charge in [-0.25, -0.2) is 0 Å². The highest BCUT2D eigenvalue weighted by Crippen LogP contribution is 2.37. The topological polar surface area (TPSA) is 76.8 Å². The molecule has 1 N–H and O–H groups in total. The second kappa shape index (κ2) is 6.16. The quantitative estimate of drug-likeness (QED) is 0.909. The second-order valence-electron chi connectivity index (χ2n) is 6.12. The summed E-state index contributed by atoms with van der Waals surface area (Å²) in [6.07, 6.45) is 3.52. The number of aliphatic hydroxyl groups excluding tert-OH is 1. The van der Waals surface area contributed by atoms with E-state index >= 15 is 0 Å². The number of piperidine rings is 1. The van der Waals surface area contributed by atoms with Gasteiger partial charge in [0.25, 0.3) is 0 Å². The highest BCUT2D eigenvalue weighted by Gasteiger charge is 2.32.